The van der Waals surface area contributed by atoms with Crippen molar-refractivity contribution in [3.8, 4) is 5.75 Å². The van der Waals surface area contributed by atoms with Crippen LogP contribution in [0.1, 0.15) is 42.5 Å². The molecule has 1 aromatic carbocycles. The monoisotopic (exact) mass is 299 g/mol. The molecule has 3 N–H and O–H groups in total. The lowest BCUT2D eigenvalue weighted by Gasteiger charge is -2.22. The summed E-state index contributed by atoms with van der Waals surface area (Å²) in [5.41, 5.74) is -0.273. The van der Waals surface area contributed by atoms with E-state index in [1.54, 1.807) is 0 Å². The Balaban J connectivity index is 2.27. The lowest BCUT2D eigenvalue weighted by Crippen LogP contribution is -2.30. The highest BCUT2D eigenvalue weighted by Crippen LogP contribution is 2.27. The van der Waals surface area contributed by atoms with E-state index in [1.807, 2.05) is 0 Å². The Hall–Kier alpha value is -1.76. The maximum atomic E-state index is 12.2. The molecule has 20 heavy (non-hydrogen) atoms. The fraction of sp³-hybridized carbons (Fsp3) is 0.462. The quantitative estimate of drug-likeness (QED) is 0.739. The molecule has 0 aliphatic heterocycles. The second kappa shape index (κ2) is 5.70. The highest BCUT2D eigenvalue weighted by molar-refractivity contribution is 7.93. The van der Waals surface area contributed by atoms with Crippen LogP contribution in [0, 0.1) is 0 Å². The van der Waals surface area contributed by atoms with Crippen molar-refractivity contribution < 1.29 is 23.4 Å². The van der Waals surface area contributed by atoms with Crippen LogP contribution in [0.5, 0.6) is 5.75 Å². The van der Waals surface area contributed by atoms with E-state index < -0.39 is 21.2 Å². The molecule has 0 aromatic heterocycles. The van der Waals surface area contributed by atoms with Crippen LogP contribution in [0.2, 0.25) is 0 Å². The highest BCUT2D eigenvalue weighted by Gasteiger charge is 2.28. The molecule has 0 amide bonds. The Kier molecular flexibility index (Phi) is 4.17. The molecule has 0 atom stereocenters. The molecule has 110 valence electrons. The van der Waals surface area contributed by atoms with Gasteiger partial charge in [0.15, 0.2) is 0 Å². The molecule has 1 fully saturated rings. The number of hydrogen-bond donors (Lipinski definition) is 3. The predicted molar refractivity (Wildman–Crippen MR) is 74.5 cm³/mol. The Labute approximate surface area is 117 Å². The van der Waals surface area contributed by atoms with Gasteiger partial charge in [0.1, 0.15) is 5.75 Å². The van der Waals surface area contributed by atoms with Gasteiger partial charge >= 0.3 is 5.97 Å². The fourth-order valence-corrected chi connectivity index (χ4v) is 4.02. The molecule has 0 saturated heterocycles. The summed E-state index contributed by atoms with van der Waals surface area (Å²) in [4.78, 5) is 11.1. The minimum atomic E-state index is -3.60. The zero-order valence-electron chi connectivity index (χ0n) is 10.9. The van der Waals surface area contributed by atoms with Crippen molar-refractivity contribution in [2.45, 2.75) is 37.4 Å². The van der Waals surface area contributed by atoms with Gasteiger partial charge in [-0.05, 0) is 31.0 Å². The first-order valence-corrected chi connectivity index (χ1v) is 8.03. The van der Waals surface area contributed by atoms with Gasteiger partial charge in [-0.15, -0.1) is 0 Å². The van der Waals surface area contributed by atoms with E-state index in [1.165, 1.54) is 12.1 Å². The van der Waals surface area contributed by atoms with Crippen molar-refractivity contribution in [3.63, 3.8) is 0 Å². The summed E-state index contributed by atoms with van der Waals surface area (Å²) in [6.07, 6.45) is 3.96. The Bertz CT molecular complexity index is 605. The van der Waals surface area contributed by atoms with E-state index in [-0.39, 0.29) is 17.0 Å². The standard InChI is InChI=1S/C13H17NO5S/c15-9-6-7-12(11(8-9)13(16)17)14-20(18,19)10-4-2-1-3-5-10/h6-8,10,14-15H,1-5H2,(H,16,17). The molecule has 0 unspecified atom stereocenters. The third-order valence-electron chi connectivity index (χ3n) is 3.48. The van der Waals surface area contributed by atoms with Crippen molar-refractivity contribution in [2.75, 3.05) is 4.72 Å². The van der Waals surface area contributed by atoms with Crippen LogP contribution < -0.4 is 4.72 Å². The van der Waals surface area contributed by atoms with E-state index in [0.29, 0.717) is 12.8 Å². The van der Waals surface area contributed by atoms with Crippen molar-refractivity contribution in [2.24, 2.45) is 0 Å². The largest absolute Gasteiger partial charge is 0.508 e. The summed E-state index contributed by atoms with van der Waals surface area (Å²) in [5, 5.41) is 17.9. The van der Waals surface area contributed by atoms with Crippen molar-refractivity contribution >= 4 is 21.7 Å². The van der Waals surface area contributed by atoms with Gasteiger partial charge in [-0.25, -0.2) is 13.2 Å². The zero-order chi connectivity index (χ0) is 14.8. The summed E-state index contributed by atoms with van der Waals surface area (Å²) in [5.74, 6) is -1.51. The van der Waals surface area contributed by atoms with Crippen LogP contribution in [-0.4, -0.2) is 29.9 Å². The molecule has 1 aliphatic rings. The Morgan fingerprint density at radius 2 is 1.85 bits per heavy atom. The molecule has 7 heteroatoms. The predicted octanol–water partition coefficient (Wildman–Crippen LogP) is 2.16. The second-order valence-electron chi connectivity index (χ2n) is 4.94. The van der Waals surface area contributed by atoms with Crippen LogP contribution in [0.25, 0.3) is 0 Å². The summed E-state index contributed by atoms with van der Waals surface area (Å²) >= 11 is 0. The third-order valence-corrected chi connectivity index (χ3v) is 5.33. The number of carbonyl (C=O) groups is 1. The average molecular weight is 299 g/mol. The number of benzene rings is 1. The van der Waals surface area contributed by atoms with Gasteiger partial charge in [-0.2, -0.15) is 0 Å². The molecule has 0 heterocycles. The topological polar surface area (TPSA) is 104 Å². The number of anilines is 1. The molecular weight excluding hydrogens is 282 g/mol. The van der Waals surface area contributed by atoms with Crippen LogP contribution in [-0.2, 0) is 10.0 Å². The molecule has 1 aliphatic carbocycles. The molecule has 1 aromatic rings. The number of phenols is 1. The van der Waals surface area contributed by atoms with E-state index in [0.717, 1.165) is 25.3 Å². The number of rotatable bonds is 4. The lowest BCUT2D eigenvalue weighted by atomic mass is 10.0. The first-order valence-electron chi connectivity index (χ1n) is 6.48. The minimum absolute atomic E-state index is 0.0131. The van der Waals surface area contributed by atoms with Crippen molar-refractivity contribution in [3.05, 3.63) is 23.8 Å². The lowest BCUT2D eigenvalue weighted by molar-refractivity contribution is 0.0697. The zero-order valence-corrected chi connectivity index (χ0v) is 11.7. The molecule has 0 spiro atoms. The number of aromatic carboxylic acids is 1. The van der Waals surface area contributed by atoms with Crippen LogP contribution in [0.3, 0.4) is 0 Å². The SMILES string of the molecule is O=C(O)c1cc(O)ccc1NS(=O)(=O)C1CCCCC1. The number of nitrogens with one attached hydrogen (secondary N) is 1. The Morgan fingerprint density at radius 1 is 1.20 bits per heavy atom. The highest BCUT2D eigenvalue weighted by atomic mass is 32.2. The van der Waals surface area contributed by atoms with Crippen molar-refractivity contribution in [1.82, 2.24) is 0 Å². The molecule has 0 radical (unpaired) electrons. The van der Waals surface area contributed by atoms with Crippen LogP contribution in [0.15, 0.2) is 18.2 Å². The van der Waals surface area contributed by atoms with Crippen LogP contribution in [0.4, 0.5) is 5.69 Å². The van der Waals surface area contributed by atoms with Crippen LogP contribution >= 0.6 is 0 Å². The number of hydrogen-bond acceptors (Lipinski definition) is 4. The van der Waals surface area contributed by atoms with Gasteiger partial charge in [0.25, 0.3) is 0 Å². The number of sulfonamides is 1. The second-order valence-corrected chi connectivity index (χ2v) is 6.90. The molecule has 6 nitrogen and oxygen atoms in total. The van der Waals surface area contributed by atoms with Gasteiger partial charge in [0, 0.05) is 0 Å². The maximum absolute atomic E-state index is 12.2. The first-order chi connectivity index (χ1) is 9.40. The molecule has 2 rings (SSSR count). The number of aromatic hydroxyl groups is 1. The molecular formula is C13H17NO5S. The summed E-state index contributed by atoms with van der Waals surface area (Å²) in [6, 6.07) is 3.55. The number of phenolic OH excluding ortho intramolecular Hbond substituents is 1. The van der Waals surface area contributed by atoms with Gasteiger partial charge in [0.05, 0.1) is 16.5 Å². The van der Waals surface area contributed by atoms with Gasteiger partial charge in [-0.3, -0.25) is 4.72 Å². The van der Waals surface area contributed by atoms with Gasteiger partial charge < -0.3 is 10.2 Å². The third kappa shape index (κ3) is 3.22. The summed E-state index contributed by atoms with van der Waals surface area (Å²) in [6.45, 7) is 0. The summed E-state index contributed by atoms with van der Waals surface area (Å²) < 4.78 is 26.8. The minimum Gasteiger partial charge on any atom is -0.508 e. The van der Waals surface area contributed by atoms with E-state index in [2.05, 4.69) is 4.72 Å². The first kappa shape index (κ1) is 14.6. The Morgan fingerprint density at radius 3 is 2.45 bits per heavy atom. The average Bonchev–Trinajstić information content (AvgIpc) is 2.41. The summed E-state index contributed by atoms with van der Waals surface area (Å²) in [7, 11) is -3.60. The molecule has 0 bridgehead atoms. The smallest absolute Gasteiger partial charge is 0.337 e. The van der Waals surface area contributed by atoms with Gasteiger partial charge in [0.2, 0.25) is 10.0 Å². The van der Waals surface area contributed by atoms with E-state index >= 15 is 0 Å². The number of carboxylic acids is 1. The maximum Gasteiger partial charge on any atom is 0.337 e. The van der Waals surface area contributed by atoms with E-state index in [9.17, 15) is 18.3 Å². The fourth-order valence-electron chi connectivity index (χ4n) is 2.41. The van der Waals surface area contributed by atoms with Crippen molar-refractivity contribution in [1.29, 1.82) is 0 Å². The van der Waals surface area contributed by atoms with E-state index in [4.69, 9.17) is 5.11 Å². The molecule has 1 saturated carbocycles. The normalized spacial score (nSPS) is 16.8. The van der Waals surface area contributed by atoms with Gasteiger partial charge in [-0.1, -0.05) is 19.3 Å². The number of carboxylic acid groups (broad SMARTS) is 1.